The Hall–Kier alpha value is 1.29. The van der Waals surface area contributed by atoms with E-state index in [1.165, 1.54) is 0 Å². The Balaban J connectivity index is 0. The summed E-state index contributed by atoms with van der Waals surface area (Å²) in [5, 5.41) is 0. The molecule has 0 aromatic heterocycles. The van der Waals surface area contributed by atoms with Crippen LogP contribution in [-0.4, -0.2) is 99.7 Å². The van der Waals surface area contributed by atoms with E-state index in [2.05, 4.69) is 0 Å². The van der Waals surface area contributed by atoms with Crippen LogP contribution in [0, 0.1) is 0 Å². The van der Waals surface area contributed by atoms with E-state index < -0.39 is 15.9 Å². The van der Waals surface area contributed by atoms with Crippen molar-refractivity contribution in [3.05, 3.63) is 0 Å². The minimum absolute atomic E-state index is 0. The normalized spacial score (nSPS) is 10.6. The summed E-state index contributed by atoms with van der Waals surface area (Å²) in [5.41, 5.74) is 0. The van der Waals surface area contributed by atoms with Crippen LogP contribution in [0.4, 0.5) is 0 Å². The van der Waals surface area contributed by atoms with Crippen LogP contribution >= 0.6 is 0 Å². The van der Waals surface area contributed by atoms with Crippen LogP contribution in [0.15, 0.2) is 0 Å². The topological polar surface area (TPSA) is 55.4 Å². The Bertz CT molecular complexity index is 120. The zero-order chi connectivity index (χ0) is 11.5. The first kappa shape index (κ1) is 19.6. The summed E-state index contributed by atoms with van der Waals surface area (Å²) in [4.78, 5) is 0. The SMILES string of the molecule is COC(C[O][AlH][O]CC(OC)OC)OC.[Na]. The molecule has 16 heavy (non-hydrogen) atoms. The van der Waals surface area contributed by atoms with Crippen molar-refractivity contribution < 1.29 is 26.5 Å². The zero-order valence-electron chi connectivity index (χ0n) is 10.7. The van der Waals surface area contributed by atoms with Crippen molar-refractivity contribution in [1.82, 2.24) is 0 Å². The minimum atomic E-state index is -1.03. The van der Waals surface area contributed by atoms with Crippen molar-refractivity contribution in [2.24, 2.45) is 0 Å². The van der Waals surface area contributed by atoms with Gasteiger partial charge in [-0.1, -0.05) is 0 Å². The van der Waals surface area contributed by atoms with Gasteiger partial charge in [-0.15, -0.1) is 0 Å². The standard InChI is InChI=1S/2C4H9O3.Al.Na.H/c2*1-6-4(3-5)7-2;;;/h2*4H,3H2,1-2H3;;;/q2*-1;+2;;. The number of hydrogen-bond donors (Lipinski definition) is 0. The molecule has 0 amide bonds. The zero-order valence-corrected chi connectivity index (χ0v) is 14.1. The van der Waals surface area contributed by atoms with Gasteiger partial charge < -0.3 is 26.5 Å². The van der Waals surface area contributed by atoms with Crippen LogP contribution in [0.3, 0.4) is 0 Å². The van der Waals surface area contributed by atoms with Gasteiger partial charge in [0.2, 0.25) is 0 Å². The van der Waals surface area contributed by atoms with Crippen molar-refractivity contribution in [2.45, 2.75) is 12.6 Å². The molecule has 0 bridgehead atoms. The summed E-state index contributed by atoms with van der Waals surface area (Å²) in [6, 6.07) is 0. The van der Waals surface area contributed by atoms with Crippen molar-refractivity contribution in [1.29, 1.82) is 0 Å². The molecule has 0 aliphatic carbocycles. The van der Waals surface area contributed by atoms with E-state index in [-0.39, 0.29) is 42.1 Å². The van der Waals surface area contributed by atoms with E-state index in [0.29, 0.717) is 13.2 Å². The largest absolute Gasteiger partial charge is 0.649 e. The summed E-state index contributed by atoms with van der Waals surface area (Å²) >= 11 is -1.03. The third-order valence-electron chi connectivity index (χ3n) is 1.73. The van der Waals surface area contributed by atoms with E-state index >= 15 is 0 Å². The van der Waals surface area contributed by atoms with Gasteiger partial charge in [0.05, 0.1) is 13.2 Å². The summed E-state index contributed by atoms with van der Waals surface area (Å²) in [6.45, 7) is 0.758. The van der Waals surface area contributed by atoms with Gasteiger partial charge in [0.1, 0.15) is 0 Å². The van der Waals surface area contributed by atoms with Crippen molar-refractivity contribution >= 4 is 45.4 Å². The number of methoxy groups -OCH3 is 4. The van der Waals surface area contributed by atoms with E-state index in [4.69, 9.17) is 26.5 Å². The van der Waals surface area contributed by atoms with Gasteiger partial charge in [-0.2, -0.15) is 0 Å². The minimum Gasteiger partial charge on any atom is -0.477 e. The summed E-state index contributed by atoms with van der Waals surface area (Å²) in [7, 11) is 6.25. The van der Waals surface area contributed by atoms with Crippen LogP contribution in [0.2, 0.25) is 0 Å². The number of hydrogen-bond acceptors (Lipinski definition) is 6. The monoisotopic (exact) mass is 261 g/mol. The smallest absolute Gasteiger partial charge is 0.477 e. The Morgan fingerprint density at radius 1 is 0.750 bits per heavy atom. The Morgan fingerprint density at radius 3 is 1.31 bits per heavy atom. The second-order valence-corrected chi connectivity index (χ2v) is 3.71. The van der Waals surface area contributed by atoms with E-state index in [0.717, 1.165) is 0 Å². The Kier molecular flexibility index (Phi) is 17.6. The molecule has 0 aromatic rings. The molecule has 0 saturated carbocycles. The van der Waals surface area contributed by atoms with Crippen molar-refractivity contribution in [3.8, 4) is 0 Å². The second-order valence-electron chi connectivity index (χ2n) is 2.66. The Labute approximate surface area is 126 Å². The molecule has 0 unspecified atom stereocenters. The Morgan fingerprint density at radius 2 is 1.06 bits per heavy atom. The van der Waals surface area contributed by atoms with Gasteiger partial charge in [0.15, 0.2) is 12.6 Å². The molecule has 91 valence electrons. The third-order valence-corrected chi connectivity index (χ3v) is 2.53. The van der Waals surface area contributed by atoms with Gasteiger partial charge in [0.25, 0.3) is 0 Å². The fraction of sp³-hybridized carbons (Fsp3) is 1.00. The van der Waals surface area contributed by atoms with E-state index in [9.17, 15) is 0 Å². The van der Waals surface area contributed by atoms with Gasteiger partial charge in [-0.25, -0.2) is 0 Å². The second kappa shape index (κ2) is 14.4. The fourth-order valence-corrected chi connectivity index (χ4v) is 1.51. The maximum Gasteiger partial charge on any atom is 0.649 e. The predicted molar refractivity (Wildman–Crippen MR) is 60.4 cm³/mol. The predicted octanol–water partition coefficient (Wildman–Crippen LogP) is -0.857. The molecule has 0 heterocycles. The third kappa shape index (κ3) is 10.4. The van der Waals surface area contributed by atoms with Gasteiger partial charge in [-0.3, -0.25) is 0 Å². The molecule has 0 aliphatic heterocycles. The first-order chi connectivity index (χ1) is 7.28. The quantitative estimate of drug-likeness (QED) is 0.290. The average molecular weight is 261 g/mol. The molecule has 0 N–H and O–H groups in total. The first-order valence-electron chi connectivity index (χ1n) is 4.55. The van der Waals surface area contributed by atoms with Crippen LogP contribution < -0.4 is 0 Å². The molecule has 0 aliphatic rings. The van der Waals surface area contributed by atoms with Gasteiger partial charge in [0, 0.05) is 58.0 Å². The summed E-state index contributed by atoms with van der Waals surface area (Å²) in [5.74, 6) is 0. The van der Waals surface area contributed by atoms with Crippen LogP contribution in [0.1, 0.15) is 0 Å². The maximum atomic E-state index is 5.27. The average Bonchev–Trinajstić information content (AvgIpc) is 2.29. The van der Waals surface area contributed by atoms with Crippen LogP contribution in [-0.2, 0) is 26.5 Å². The molecule has 0 spiro atoms. The molecule has 6 nitrogen and oxygen atoms in total. The van der Waals surface area contributed by atoms with Gasteiger partial charge in [-0.05, 0) is 0 Å². The maximum absolute atomic E-state index is 5.27. The van der Waals surface area contributed by atoms with Crippen molar-refractivity contribution in [2.75, 3.05) is 41.7 Å². The molecule has 0 saturated heterocycles. The van der Waals surface area contributed by atoms with Crippen LogP contribution in [0.25, 0.3) is 0 Å². The number of rotatable bonds is 10. The van der Waals surface area contributed by atoms with Crippen molar-refractivity contribution in [3.63, 3.8) is 0 Å². The number of ether oxygens (including phenoxy) is 4. The molecule has 1 radical (unpaired) electrons. The summed E-state index contributed by atoms with van der Waals surface area (Å²) < 4.78 is 30.3. The van der Waals surface area contributed by atoms with E-state index in [1.54, 1.807) is 28.4 Å². The molecular formula is C8H19AlNaO6. The molecular weight excluding hydrogens is 242 g/mol. The first-order valence-corrected chi connectivity index (χ1v) is 5.70. The molecule has 0 aromatic carbocycles. The van der Waals surface area contributed by atoms with Gasteiger partial charge >= 0.3 is 15.9 Å². The van der Waals surface area contributed by atoms with E-state index in [1.807, 2.05) is 0 Å². The van der Waals surface area contributed by atoms with Crippen LogP contribution in [0.5, 0.6) is 0 Å². The molecule has 0 fully saturated rings. The molecule has 0 rings (SSSR count). The molecule has 8 heteroatoms. The molecule has 0 atom stereocenters. The summed E-state index contributed by atoms with van der Waals surface area (Å²) in [6.07, 6.45) is -0.663. The fourth-order valence-electron chi connectivity index (χ4n) is 0.812.